The van der Waals surface area contributed by atoms with E-state index in [1.165, 1.54) is 0 Å². The first kappa shape index (κ1) is 11.4. The summed E-state index contributed by atoms with van der Waals surface area (Å²) in [4.78, 5) is 0. The molecule has 0 aliphatic carbocycles. The number of nitrogens with two attached hydrogens (primary N) is 1. The molecule has 0 saturated carbocycles. The van der Waals surface area contributed by atoms with Crippen molar-refractivity contribution >= 4 is 21.6 Å². The third-order valence-corrected chi connectivity index (χ3v) is 2.27. The van der Waals surface area contributed by atoms with E-state index in [9.17, 15) is 0 Å². The van der Waals surface area contributed by atoms with Gasteiger partial charge in [0, 0.05) is 11.8 Å². The molecule has 0 unspecified atom stereocenters. The molecule has 1 aromatic carbocycles. The summed E-state index contributed by atoms with van der Waals surface area (Å²) in [6, 6.07) is 5.57. The summed E-state index contributed by atoms with van der Waals surface area (Å²) in [7, 11) is 0. The highest BCUT2D eigenvalue weighted by atomic mass is 79.9. The molecule has 0 fully saturated rings. The van der Waals surface area contributed by atoms with Crippen molar-refractivity contribution in [2.24, 2.45) is 5.41 Å². The SMILES string of the molecule is CC(C)(C)COc1cc(N)ccc1Br. The second kappa shape index (κ2) is 4.22. The minimum absolute atomic E-state index is 0.157. The molecule has 0 aliphatic rings. The van der Waals surface area contributed by atoms with Gasteiger partial charge in [0.15, 0.2) is 0 Å². The Hall–Kier alpha value is -0.700. The highest BCUT2D eigenvalue weighted by molar-refractivity contribution is 9.10. The number of halogens is 1. The standard InChI is InChI=1S/C11H16BrNO/c1-11(2,3)7-14-10-6-8(13)4-5-9(10)12/h4-6H,7,13H2,1-3H3. The molecule has 2 nitrogen and oxygen atoms in total. The first-order chi connectivity index (χ1) is 6.38. The highest BCUT2D eigenvalue weighted by Gasteiger charge is 2.12. The Morgan fingerprint density at radius 1 is 1.36 bits per heavy atom. The maximum absolute atomic E-state index is 5.67. The number of ether oxygens (including phenoxy) is 1. The van der Waals surface area contributed by atoms with Crippen LogP contribution in [0.3, 0.4) is 0 Å². The van der Waals surface area contributed by atoms with E-state index in [1.807, 2.05) is 18.2 Å². The molecule has 1 rings (SSSR count). The van der Waals surface area contributed by atoms with E-state index in [-0.39, 0.29) is 5.41 Å². The van der Waals surface area contributed by atoms with Crippen LogP contribution in [-0.4, -0.2) is 6.61 Å². The van der Waals surface area contributed by atoms with Crippen LogP contribution < -0.4 is 10.5 Å². The lowest BCUT2D eigenvalue weighted by molar-refractivity contribution is 0.197. The number of rotatable bonds is 2. The zero-order valence-corrected chi connectivity index (χ0v) is 10.4. The number of nitrogen functional groups attached to an aromatic ring is 1. The quantitative estimate of drug-likeness (QED) is 0.824. The molecule has 0 heterocycles. The zero-order valence-electron chi connectivity index (χ0n) is 8.80. The van der Waals surface area contributed by atoms with Gasteiger partial charge in [-0.25, -0.2) is 0 Å². The lowest BCUT2D eigenvalue weighted by atomic mass is 9.99. The molecule has 0 spiro atoms. The number of hydrogen-bond acceptors (Lipinski definition) is 2. The van der Waals surface area contributed by atoms with Gasteiger partial charge in [-0.05, 0) is 33.5 Å². The molecule has 0 aliphatic heterocycles. The monoisotopic (exact) mass is 257 g/mol. The van der Waals surface area contributed by atoms with Gasteiger partial charge in [-0.1, -0.05) is 20.8 Å². The van der Waals surface area contributed by atoms with E-state index in [2.05, 4.69) is 36.7 Å². The van der Waals surface area contributed by atoms with Crippen molar-refractivity contribution in [1.29, 1.82) is 0 Å². The van der Waals surface area contributed by atoms with Crippen LogP contribution in [0.25, 0.3) is 0 Å². The van der Waals surface area contributed by atoms with Crippen LogP contribution in [0.15, 0.2) is 22.7 Å². The van der Waals surface area contributed by atoms with Gasteiger partial charge in [-0.2, -0.15) is 0 Å². The lowest BCUT2D eigenvalue weighted by Gasteiger charge is -2.19. The molecular formula is C11H16BrNO. The molecule has 0 bridgehead atoms. The van der Waals surface area contributed by atoms with E-state index in [1.54, 1.807) is 0 Å². The fraction of sp³-hybridized carbons (Fsp3) is 0.455. The summed E-state index contributed by atoms with van der Waals surface area (Å²) in [6.45, 7) is 7.07. The first-order valence-electron chi connectivity index (χ1n) is 4.56. The summed E-state index contributed by atoms with van der Waals surface area (Å²) in [5.74, 6) is 0.805. The van der Waals surface area contributed by atoms with Crippen molar-refractivity contribution in [2.75, 3.05) is 12.3 Å². The van der Waals surface area contributed by atoms with E-state index in [0.29, 0.717) is 6.61 Å². The minimum atomic E-state index is 0.157. The van der Waals surface area contributed by atoms with Crippen LogP contribution in [-0.2, 0) is 0 Å². The zero-order chi connectivity index (χ0) is 10.8. The maximum atomic E-state index is 5.67. The molecular weight excluding hydrogens is 242 g/mol. The van der Waals surface area contributed by atoms with Gasteiger partial charge in [0.05, 0.1) is 11.1 Å². The fourth-order valence-corrected chi connectivity index (χ4v) is 1.29. The van der Waals surface area contributed by atoms with E-state index >= 15 is 0 Å². The van der Waals surface area contributed by atoms with Crippen molar-refractivity contribution in [3.05, 3.63) is 22.7 Å². The molecule has 78 valence electrons. The average molecular weight is 258 g/mol. The number of anilines is 1. The second-order valence-corrected chi connectivity index (χ2v) is 5.39. The average Bonchev–Trinajstić information content (AvgIpc) is 2.05. The fourth-order valence-electron chi connectivity index (χ4n) is 0.925. The first-order valence-corrected chi connectivity index (χ1v) is 5.36. The molecule has 0 radical (unpaired) electrons. The summed E-state index contributed by atoms with van der Waals surface area (Å²) < 4.78 is 6.60. The van der Waals surface area contributed by atoms with Crippen molar-refractivity contribution < 1.29 is 4.74 Å². The van der Waals surface area contributed by atoms with Gasteiger partial charge in [-0.15, -0.1) is 0 Å². The summed E-state index contributed by atoms with van der Waals surface area (Å²) in [5.41, 5.74) is 6.54. The maximum Gasteiger partial charge on any atom is 0.135 e. The van der Waals surface area contributed by atoms with Crippen LogP contribution in [0, 0.1) is 5.41 Å². The van der Waals surface area contributed by atoms with Gasteiger partial charge in [0.25, 0.3) is 0 Å². The van der Waals surface area contributed by atoms with Crippen molar-refractivity contribution in [2.45, 2.75) is 20.8 Å². The Morgan fingerprint density at radius 2 is 2.00 bits per heavy atom. The molecule has 0 aromatic heterocycles. The van der Waals surface area contributed by atoms with Crippen molar-refractivity contribution in [1.82, 2.24) is 0 Å². The summed E-state index contributed by atoms with van der Waals surface area (Å²) in [6.07, 6.45) is 0. The molecule has 0 saturated heterocycles. The Bertz CT molecular complexity index is 318. The highest BCUT2D eigenvalue weighted by Crippen LogP contribution is 2.28. The molecule has 0 atom stereocenters. The van der Waals surface area contributed by atoms with Gasteiger partial charge in [0.1, 0.15) is 5.75 Å². The Labute approximate surface area is 93.6 Å². The summed E-state index contributed by atoms with van der Waals surface area (Å²) >= 11 is 3.42. The number of benzene rings is 1. The molecule has 0 amide bonds. The molecule has 3 heteroatoms. The van der Waals surface area contributed by atoms with Gasteiger partial charge < -0.3 is 10.5 Å². The lowest BCUT2D eigenvalue weighted by Crippen LogP contribution is -2.17. The topological polar surface area (TPSA) is 35.2 Å². The van der Waals surface area contributed by atoms with E-state index in [4.69, 9.17) is 10.5 Å². The smallest absolute Gasteiger partial charge is 0.135 e. The van der Waals surface area contributed by atoms with Crippen molar-refractivity contribution in [3.8, 4) is 5.75 Å². The third kappa shape index (κ3) is 3.58. The van der Waals surface area contributed by atoms with Gasteiger partial charge >= 0.3 is 0 Å². The molecule has 2 N–H and O–H groups in total. The largest absolute Gasteiger partial charge is 0.492 e. The van der Waals surface area contributed by atoms with Crippen LogP contribution in [0.1, 0.15) is 20.8 Å². The number of hydrogen-bond donors (Lipinski definition) is 1. The van der Waals surface area contributed by atoms with Gasteiger partial charge in [-0.3, -0.25) is 0 Å². The van der Waals surface area contributed by atoms with Gasteiger partial charge in [0.2, 0.25) is 0 Å². The van der Waals surface area contributed by atoms with Crippen LogP contribution in [0.5, 0.6) is 5.75 Å². The Morgan fingerprint density at radius 3 is 2.57 bits per heavy atom. The predicted molar refractivity (Wildman–Crippen MR) is 63.5 cm³/mol. The van der Waals surface area contributed by atoms with E-state index in [0.717, 1.165) is 15.9 Å². The minimum Gasteiger partial charge on any atom is -0.492 e. The Balaban J connectivity index is 2.72. The Kier molecular flexibility index (Phi) is 3.43. The van der Waals surface area contributed by atoms with Crippen molar-refractivity contribution in [3.63, 3.8) is 0 Å². The van der Waals surface area contributed by atoms with E-state index < -0.39 is 0 Å². The predicted octanol–water partition coefficient (Wildman–Crippen LogP) is 3.46. The molecule has 14 heavy (non-hydrogen) atoms. The van der Waals surface area contributed by atoms with Crippen LogP contribution in [0.4, 0.5) is 5.69 Å². The van der Waals surface area contributed by atoms with Crippen LogP contribution in [0.2, 0.25) is 0 Å². The van der Waals surface area contributed by atoms with Crippen LogP contribution >= 0.6 is 15.9 Å². The second-order valence-electron chi connectivity index (χ2n) is 4.54. The third-order valence-electron chi connectivity index (χ3n) is 1.62. The molecule has 1 aromatic rings. The summed E-state index contributed by atoms with van der Waals surface area (Å²) in [5, 5.41) is 0. The normalized spacial score (nSPS) is 11.4.